The van der Waals surface area contributed by atoms with Gasteiger partial charge in [0.05, 0.1) is 6.04 Å². The normalized spacial score (nSPS) is 13.6. The zero-order valence-electron chi connectivity index (χ0n) is 13.6. The Morgan fingerprint density at radius 1 is 1.09 bits per heavy atom. The zero-order valence-corrected chi connectivity index (χ0v) is 13.6. The van der Waals surface area contributed by atoms with Crippen LogP contribution in [0.5, 0.6) is 11.5 Å². The highest BCUT2D eigenvalue weighted by Crippen LogP contribution is 2.34. The fourth-order valence-electron chi connectivity index (χ4n) is 2.08. The molecule has 23 heavy (non-hydrogen) atoms. The van der Waals surface area contributed by atoms with E-state index < -0.39 is 0 Å². The Labute approximate surface area is 135 Å². The third-order valence-electron chi connectivity index (χ3n) is 3.48. The van der Waals surface area contributed by atoms with E-state index in [1.165, 1.54) is 0 Å². The summed E-state index contributed by atoms with van der Waals surface area (Å²) in [5.41, 5.74) is 0.928. The first kappa shape index (κ1) is 16.9. The second-order valence-electron chi connectivity index (χ2n) is 5.68. The molecule has 0 unspecified atom stereocenters. The van der Waals surface area contributed by atoms with Crippen LogP contribution in [0.3, 0.4) is 0 Å². The van der Waals surface area contributed by atoms with Gasteiger partial charge in [0.25, 0.3) is 0 Å². The van der Waals surface area contributed by atoms with E-state index in [0.29, 0.717) is 24.6 Å². The number of hydrogen-bond acceptors (Lipinski definition) is 4. The molecule has 0 spiro atoms. The van der Waals surface area contributed by atoms with Crippen molar-refractivity contribution in [2.75, 3.05) is 19.9 Å². The average molecular weight is 321 g/mol. The molecule has 0 aliphatic carbocycles. The third kappa shape index (κ3) is 4.77. The molecule has 7 nitrogen and oxygen atoms in total. The van der Waals surface area contributed by atoms with E-state index in [4.69, 9.17) is 9.47 Å². The summed E-state index contributed by atoms with van der Waals surface area (Å²) in [5, 5.41) is 8.29. The van der Waals surface area contributed by atoms with Gasteiger partial charge in [0.1, 0.15) is 0 Å². The highest BCUT2D eigenvalue weighted by Gasteiger charge is 2.16. The van der Waals surface area contributed by atoms with E-state index in [1.807, 2.05) is 39.0 Å². The summed E-state index contributed by atoms with van der Waals surface area (Å²) < 4.78 is 10.6. The topological polar surface area (TPSA) is 88.7 Å². The SMILES string of the molecule is CC(C)C(=O)NCCNC(=O)N[C@@H](C)c1ccc2c(c1)OCO2. The van der Waals surface area contributed by atoms with Crippen LogP contribution in [0.2, 0.25) is 0 Å². The standard InChI is InChI=1S/C16H23N3O4/c1-10(2)15(20)17-6-7-18-16(21)19-11(3)12-4-5-13-14(8-12)23-9-22-13/h4-5,8,10-11H,6-7,9H2,1-3H3,(H,17,20)(H2,18,19,21)/t11-/m0/s1. The molecule has 0 bridgehead atoms. The van der Waals surface area contributed by atoms with Crippen molar-refractivity contribution >= 4 is 11.9 Å². The van der Waals surface area contributed by atoms with Gasteiger partial charge in [-0.05, 0) is 24.6 Å². The van der Waals surface area contributed by atoms with Crippen LogP contribution in [0.4, 0.5) is 4.79 Å². The summed E-state index contributed by atoms with van der Waals surface area (Å²) in [7, 11) is 0. The van der Waals surface area contributed by atoms with Crippen molar-refractivity contribution in [1.29, 1.82) is 0 Å². The molecule has 7 heteroatoms. The van der Waals surface area contributed by atoms with Crippen LogP contribution in [-0.4, -0.2) is 31.8 Å². The van der Waals surface area contributed by atoms with Crippen molar-refractivity contribution in [3.8, 4) is 11.5 Å². The van der Waals surface area contributed by atoms with Crippen molar-refractivity contribution in [2.24, 2.45) is 5.92 Å². The molecule has 3 N–H and O–H groups in total. The summed E-state index contributed by atoms with van der Waals surface area (Å²) >= 11 is 0. The maximum Gasteiger partial charge on any atom is 0.315 e. The van der Waals surface area contributed by atoms with Crippen LogP contribution < -0.4 is 25.4 Å². The van der Waals surface area contributed by atoms with Gasteiger partial charge in [0, 0.05) is 19.0 Å². The van der Waals surface area contributed by atoms with Crippen LogP contribution in [0, 0.1) is 5.92 Å². The number of amides is 3. The number of rotatable bonds is 6. The fraction of sp³-hybridized carbons (Fsp3) is 0.500. The molecule has 1 heterocycles. The van der Waals surface area contributed by atoms with E-state index >= 15 is 0 Å². The van der Waals surface area contributed by atoms with Crippen LogP contribution >= 0.6 is 0 Å². The minimum Gasteiger partial charge on any atom is -0.454 e. The smallest absolute Gasteiger partial charge is 0.315 e. The Morgan fingerprint density at radius 2 is 1.78 bits per heavy atom. The van der Waals surface area contributed by atoms with Gasteiger partial charge in [0.2, 0.25) is 12.7 Å². The fourth-order valence-corrected chi connectivity index (χ4v) is 2.08. The summed E-state index contributed by atoms with van der Waals surface area (Å²) in [6.07, 6.45) is 0. The summed E-state index contributed by atoms with van der Waals surface area (Å²) in [6, 6.07) is 5.12. The maximum atomic E-state index is 11.8. The molecule has 1 aliphatic heterocycles. The predicted molar refractivity (Wildman–Crippen MR) is 85.4 cm³/mol. The number of ether oxygens (including phenoxy) is 2. The Kier molecular flexibility index (Phi) is 5.67. The van der Waals surface area contributed by atoms with Gasteiger partial charge in [-0.15, -0.1) is 0 Å². The van der Waals surface area contributed by atoms with Crippen LogP contribution in [0.1, 0.15) is 32.4 Å². The molecule has 0 saturated carbocycles. The van der Waals surface area contributed by atoms with Crippen molar-refractivity contribution < 1.29 is 19.1 Å². The van der Waals surface area contributed by atoms with Crippen molar-refractivity contribution in [3.63, 3.8) is 0 Å². The van der Waals surface area contributed by atoms with Crippen LogP contribution in [0.25, 0.3) is 0 Å². The lowest BCUT2D eigenvalue weighted by Gasteiger charge is -2.16. The van der Waals surface area contributed by atoms with E-state index in [2.05, 4.69) is 16.0 Å². The van der Waals surface area contributed by atoms with Crippen molar-refractivity contribution in [2.45, 2.75) is 26.8 Å². The van der Waals surface area contributed by atoms with Crippen molar-refractivity contribution in [1.82, 2.24) is 16.0 Å². The van der Waals surface area contributed by atoms with E-state index in [-0.39, 0.29) is 30.7 Å². The first-order chi connectivity index (χ1) is 11.0. The molecule has 1 aromatic carbocycles. The number of carbonyl (C=O) groups excluding carboxylic acids is 2. The van der Waals surface area contributed by atoms with Gasteiger partial charge >= 0.3 is 6.03 Å². The Balaban J connectivity index is 1.73. The average Bonchev–Trinajstić information content (AvgIpc) is 2.98. The minimum absolute atomic E-state index is 0.0269. The quantitative estimate of drug-likeness (QED) is 0.694. The Bertz CT molecular complexity index is 574. The molecule has 0 saturated heterocycles. The predicted octanol–water partition coefficient (Wildman–Crippen LogP) is 1.55. The van der Waals surface area contributed by atoms with Crippen LogP contribution in [0.15, 0.2) is 18.2 Å². The van der Waals surface area contributed by atoms with Gasteiger partial charge in [-0.1, -0.05) is 19.9 Å². The minimum atomic E-state index is -0.283. The first-order valence-corrected chi connectivity index (χ1v) is 7.69. The number of hydrogen-bond donors (Lipinski definition) is 3. The van der Waals surface area contributed by atoms with E-state index in [9.17, 15) is 9.59 Å². The molecule has 1 aliphatic rings. The van der Waals surface area contributed by atoms with Gasteiger partial charge in [-0.2, -0.15) is 0 Å². The lowest BCUT2D eigenvalue weighted by Crippen LogP contribution is -2.41. The summed E-state index contributed by atoms with van der Waals surface area (Å²) in [4.78, 5) is 23.2. The molecule has 0 radical (unpaired) electrons. The zero-order chi connectivity index (χ0) is 16.8. The molecule has 0 aromatic heterocycles. The van der Waals surface area contributed by atoms with E-state index in [0.717, 1.165) is 5.56 Å². The molecular formula is C16H23N3O4. The second kappa shape index (κ2) is 7.71. The monoisotopic (exact) mass is 321 g/mol. The van der Waals surface area contributed by atoms with Gasteiger partial charge in [0.15, 0.2) is 11.5 Å². The number of urea groups is 1. The van der Waals surface area contributed by atoms with Crippen LogP contribution in [-0.2, 0) is 4.79 Å². The molecule has 1 aromatic rings. The molecule has 3 amide bonds. The largest absolute Gasteiger partial charge is 0.454 e. The molecule has 1 atom stereocenters. The molecule has 0 fully saturated rings. The highest BCUT2D eigenvalue weighted by atomic mass is 16.7. The number of fused-ring (bicyclic) bond motifs is 1. The second-order valence-corrected chi connectivity index (χ2v) is 5.68. The lowest BCUT2D eigenvalue weighted by molar-refractivity contribution is -0.123. The molecule has 2 rings (SSSR count). The number of benzene rings is 1. The molecule has 126 valence electrons. The number of carbonyl (C=O) groups is 2. The molecular weight excluding hydrogens is 298 g/mol. The number of nitrogens with one attached hydrogen (secondary N) is 3. The van der Waals surface area contributed by atoms with Gasteiger partial charge in [-0.3, -0.25) is 4.79 Å². The lowest BCUT2D eigenvalue weighted by atomic mass is 10.1. The maximum absolute atomic E-state index is 11.8. The third-order valence-corrected chi connectivity index (χ3v) is 3.48. The first-order valence-electron chi connectivity index (χ1n) is 7.69. The van der Waals surface area contributed by atoms with Gasteiger partial charge < -0.3 is 25.4 Å². The van der Waals surface area contributed by atoms with Gasteiger partial charge in [-0.25, -0.2) is 4.79 Å². The van der Waals surface area contributed by atoms with Crippen molar-refractivity contribution in [3.05, 3.63) is 23.8 Å². The summed E-state index contributed by atoms with van der Waals surface area (Å²) in [5.74, 6) is 1.31. The van der Waals surface area contributed by atoms with E-state index in [1.54, 1.807) is 0 Å². The highest BCUT2D eigenvalue weighted by molar-refractivity contribution is 5.78. The summed E-state index contributed by atoms with van der Waals surface area (Å²) in [6.45, 7) is 6.53. The Hall–Kier alpha value is -2.44. The Morgan fingerprint density at radius 3 is 2.52 bits per heavy atom.